The SMILES string of the molecule is C=CC(=O)N1CCN(c2ncnc3c(=O)n(C4=C(N)C=CC(Cl)C4F)c(C(F)(F)F)cc23)CC1. The maximum absolute atomic E-state index is 14.9. The molecule has 180 valence electrons. The molecule has 34 heavy (non-hydrogen) atoms. The number of amides is 1. The Morgan fingerprint density at radius 2 is 1.91 bits per heavy atom. The molecule has 2 atom stereocenters. The van der Waals surface area contributed by atoms with Gasteiger partial charge in [0, 0.05) is 26.2 Å². The predicted molar refractivity (Wildman–Crippen MR) is 119 cm³/mol. The van der Waals surface area contributed by atoms with E-state index in [0.717, 1.165) is 12.4 Å². The van der Waals surface area contributed by atoms with Gasteiger partial charge in [0.2, 0.25) is 5.91 Å². The van der Waals surface area contributed by atoms with Crippen molar-refractivity contribution < 1.29 is 22.4 Å². The van der Waals surface area contributed by atoms with Gasteiger partial charge in [-0.3, -0.25) is 14.2 Å². The third-order valence-corrected chi connectivity index (χ3v) is 6.05. The number of nitrogens with zero attached hydrogens (tertiary/aromatic N) is 5. The molecule has 3 heterocycles. The third kappa shape index (κ3) is 4.02. The molecule has 0 saturated carbocycles. The fraction of sp³-hybridized carbons (Fsp3) is 0.333. The van der Waals surface area contributed by atoms with Crippen molar-refractivity contribution >= 4 is 39.9 Å². The number of anilines is 1. The number of fused-ring (bicyclic) bond motifs is 1. The summed E-state index contributed by atoms with van der Waals surface area (Å²) in [5.41, 5.74) is 1.76. The lowest BCUT2D eigenvalue weighted by Gasteiger charge is -2.35. The van der Waals surface area contributed by atoms with Crippen LogP contribution in [-0.2, 0) is 11.0 Å². The Bertz CT molecular complexity index is 1280. The number of pyridine rings is 1. The summed E-state index contributed by atoms with van der Waals surface area (Å²) in [5.74, 6) is -0.164. The maximum atomic E-state index is 14.9. The number of carbonyl (C=O) groups excluding carboxylic acids is 1. The average Bonchev–Trinajstić information content (AvgIpc) is 2.81. The van der Waals surface area contributed by atoms with E-state index >= 15 is 0 Å². The van der Waals surface area contributed by atoms with Gasteiger partial charge < -0.3 is 15.5 Å². The van der Waals surface area contributed by atoms with E-state index in [-0.39, 0.29) is 59.1 Å². The Kier molecular flexibility index (Phi) is 6.11. The van der Waals surface area contributed by atoms with E-state index in [0.29, 0.717) is 6.07 Å². The molecule has 1 fully saturated rings. The van der Waals surface area contributed by atoms with Crippen LogP contribution in [0.5, 0.6) is 0 Å². The van der Waals surface area contributed by atoms with E-state index in [2.05, 4.69) is 16.5 Å². The van der Waals surface area contributed by atoms with Gasteiger partial charge in [-0.1, -0.05) is 12.7 Å². The monoisotopic (exact) mass is 498 g/mol. The molecule has 1 aliphatic heterocycles. The molecule has 1 aliphatic carbocycles. The molecule has 2 aromatic heterocycles. The average molecular weight is 499 g/mol. The van der Waals surface area contributed by atoms with E-state index in [1.165, 1.54) is 17.1 Å². The van der Waals surface area contributed by atoms with Crippen LogP contribution >= 0.6 is 11.6 Å². The minimum atomic E-state index is -5.04. The molecule has 4 rings (SSSR count). The van der Waals surface area contributed by atoms with Crippen LogP contribution in [0.25, 0.3) is 16.6 Å². The van der Waals surface area contributed by atoms with Gasteiger partial charge in [0.05, 0.1) is 22.2 Å². The number of nitrogens with two attached hydrogens (primary N) is 1. The lowest BCUT2D eigenvalue weighted by molar-refractivity contribution is -0.142. The Hall–Kier alpha value is -3.41. The fourth-order valence-electron chi connectivity index (χ4n) is 4.01. The van der Waals surface area contributed by atoms with Crippen molar-refractivity contribution in [3.8, 4) is 0 Å². The number of hydrogen-bond acceptors (Lipinski definition) is 6. The van der Waals surface area contributed by atoms with Crippen LogP contribution in [0.3, 0.4) is 0 Å². The number of halogens is 5. The first-order chi connectivity index (χ1) is 16.0. The van der Waals surface area contributed by atoms with Gasteiger partial charge >= 0.3 is 6.18 Å². The number of hydrogen-bond donors (Lipinski definition) is 1. The summed E-state index contributed by atoms with van der Waals surface area (Å²) in [7, 11) is 0. The summed E-state index contributed by atoms with van der Waals surface area (Å²) in [4.78, 5) is 36.3. The molecule has 0 radical (unpaired) electrons. The molecule has 0 bridgehead atoms. The first-order valence-corrected chi connectivity index (χ1v) is 10.6. The second-order valence-corrected chi connectivity index (χ2v) is 8.19. The van der Waals surface area contributed by atoms with Gasteiger partial charge in [0.1, 0.15) is 23.4 Å². The molecule has 8 nitrogen and oxygen atoms in total. The highest BCUT2D eigenvalue weighted by Gasteiger charge is 2.40. The Morgan fingerprint density at radius 1 is 1.24 bits per heavy atom. The smallest absolute Gasteiger partial charge is 0.397 e. The molecule has 13 heteroatoms. The van der Waals surface area contributed by atoms with Gasteiger partial charge in [-0.25, -0.2) is 14.4 Å². The molecular formula is C21H19ClF4N6O2. The van der Waals surface area contributed by atoms with Crippen LogP contribution in [0.2, 0.25) is 0 Å². The van der Waals surface area contributed by atoms with Gasteiger partial charge in [-0.2, -0.15) is 13.2 Å². The number of aromatic nitrogens is 3. The second kappa shape index (κ2) is 8.75. The van der Waals surface area contributed by atoms with E-state index in [1.807, 2.05) is 0 Å². The maximum Gasteiger partial charge on any atom is 0.431 e. The van der Waals surface area contributed by atoms with Crippen LogP contribution in [-0.4, -0.2) is 63.1 Å². The molecule has 0 spiro atoms. The molecule has 2 aliphatic rings. The van der Waals surface area contributed by atoms with E-state index in [1.54, 1.807) is 4.90 Å². The van der Waals surface area contributed by atoms with Gasteiger partial charge in [-0.15, -0.1) is 11.6 Å². The highest BCUT2D eigenvalue weighted by Crippen LogP contribution is 2.36. The van der Waals surface area contributed by atoms with Crippen LogP contribution in [0.15, 0.2) is 47.7 Å². The highest BCUT2D eigenvalue weighted by molar-refractivity contribution is 6.23. The first-order valence-electron chi connectivity index (χ1n) is 10.1. The van der Waals surface area contributed by atoms with E-state index in [4.69, 9.17) is 17.3 Å². The van der Waals surface area contributed by atoms with Crippen molar-refractivity contribution in [2.45, 2.75) is 17.7 Å². The minimum Gasteiger partial charge on any atom is -0.397 e. The van der Waals surface area contributed by atoms with Crippen molar-refractivity contribution in [2.24, 2.45) is 5.73 Å². The lowest BCUT2D eigenvalue weighted by atomic mass is 10.0. The molecular weight excluding hydrogens is 480 g/mol. The van der Waals surface area contributed by atoms with Crippen molar-refractivity contribution in [2.75, 3.05) is 31.1 Å². The number of piperazine rings is 1. The molecule has 2 N–H and O–H groups in total. The summed E-state index contributed by atoms with van der Waals surface area (Å²) in [6.45, 7) is 4.54. The largest absolute Gasteiger partial charge is 0.431 e. The zero-order chi connectivity index (χ0) is 24.8. The van der Waals surface area contributed by atoms with Crippen molar-refractivity contribution in [1.82, 2.24) is 19.4 Å². The minimum absolute atomic E-state index is 0.1000. The van der Waals surface area contributed by atoms with Crippen LogP contribution in [0.1, 0.15) is 5.69 Å². The quantitative estimate of drug-likeness (QED) is 0.396. The topological polar surface area (TPSA) is 97.4 Å². The van der Waals surface area contributed by atoms with Crippen LogP contribution < -0.4 is 16.2 Å². The Balaban J connectivity index is 1.89. The van der Waals surface area contributed by atoms with Gasteiger partial charge in [0.25, 0.3) is 5.56 Å². The number of carbonyl (C=O) groups is 1. The van der Waals surface area contributed by atoms with Crippen LogP contribution in [0.4, 0.5) is 23.4 Å². The standard InChI is InChI=1S/C21H19ClF4N6O2/c1-2-15(33)30-5-7-31(8-6-30)19-11-9-14(21(24,25)26)32(20(34)17(11)28-10-29-19)18-13(27)4-3-12(22)16(18)23/h2-4,9-10,12,16H,1,5-8,27H2. The van der Waals surface area contributed by atoms with Crippen molar-refractivity contribution in [3.05, 3.63) is 58.9 Å². The number of rotatable bonds is 3. The molecule has 1 saturated heterocycles. The summed E-state index contributed by atoms with van der Waals surface area (Å²) in [6, 6.07) is 0.710. The first kappa shape index (κ1) is 23.7. The summed E-state index contributed by atoms with van der Waals surface area (Å²) in [5, 5.41) is -1.45. The van der Waals surface area contributed by atoms with Gasteiger partial charge in [0.15, 0.2) is 6.17 Å². The summed E-state index contributed by atoms with van der Waals surface area (Å²) in [6.07, 6.45) is -2.60. The van der Waals surface area contributed by atoms with E-state index < -0.39 is 34.7 Å². The number of allylic oxidation sites excluding steroid dienone is 3. The highest BCUT2D eigenvalue weighted by atomic mass is 35.5. The molecule has 2 unspecified atom stereocenters. The van der Waals surface area contributed by atoms with E-state index in [9.17, 15) is 27.2 Å². The third-order valence-electron chi connectivity index (χ3n) is 5.68. The molecule has 2 aromatic rings. The summed E-state index contributed by atoms with van der Waals surface area (Å²) >= 11 is 5.87. The Labute approximate surface area is 195 Å². The van der Waals surface area contributed by atoms with Crippen molar-refractivity contribution in [3.63, 3.8) is 0 Å². The predicted octanol–water partition coefficient (Wildman–Crippen LogP) is 2.29. The second-order valence-electron chi connectivity index (χ2n) is 7.69. The normalized spacial score (nSPS) is 21.3. The lowest BCUT2D eigenvalue weighted by Crippen LogP contribution is -2.48. The fourth-order valence-corrected chi connectivity index (χ4v) is 4.21. The van der Waals surface area contributed by atoms with Crippen molar-refractivity contribution in [1.29, 1.82) is 0 Å². The van der Waals surface area contributed by atoms with Crippen LogP contribution in [0, 0.1) is 0 Å². The zero-order valence-corrected chi connectivity index (χ0v) is 18.4. The number of alkyl halides is 5. The summed E-state index contributed by atoms with van der Waals surface area (Å²) < 4.78 is 57.4. The Morgan fingerprint density at radius 3 is 2.53 bits per heavy atom. The van der Waals surface area contributed by atoms with Gasteiger partial charge in [-0.05, 0) is 18.2 Å². The molecule has 0 aromatic carbocycles. The zero-order valence-electron chi connectivity index (χ0n) is 17.6. The molecule has 1 amide bonds.